The molecule has 0 atom stereocenters. The predicted octanol–water partition coefficient (Wildman–Crippen LogP) is 6.13. The average Bonchev–Trinajstić information content (AvgIpc) is 2.82. The van der Waals surface area contributed by atoms with E-state index in [4.69, 9.17) is 5.73 Å². The molecule has 0 fully saturated rings. The fourth-order valence-corrected chi connectivity index (χ4v) is 3.25. The Labute approximate surface area is 194 Å². The lowest BCUT2D eigenvalue weighted by Crippen LogP contribution is -2.43. The second-order valence-electron chi connectivity index (χ2n) is 7.47. The Morgan fingerprint density at radius 1 is 0.688 bits per heavy atom. The Bertz CT molecular complexity index is 710. The molecule has 0 aliphatic heterocycles. The van der Waals surface area contributed by atoms with Crippen molar-refractivity contribution in [1.29, 1.82) is 0 Å². The maximum atomic E-state index is 12.8. The number of para-hydroxylation sites is 2. The molecular weight excluding hydrogens is 400 g/mol. The topological polar surface area (TPSA) is 69.9 Å². The van der Waals surface area contributed by atoms with Gasteiger partial charge in [0.2, 0.25) is 0 Å². The first kappa shape index (κ1) is 27.0. The molecule has 0 radical (unpaired) electrons. The fraction of sp³-hybridized carbons (Fsp3) is 0.462. The van der Waals surface area contributed by atoms with E-state index in [2.05, 4.69) is 13.8 Å². The summed E-state index contributed by atoms with van der Waals surface area (Å²) < 4.78 is 0. The molecule has 0 bridgehead atoms. The SMILES string of the molecule is CCCCN(CCCC)C(N)=O.CCN(C(=O)N(CC)c1ccccc1)c1ccccc1. The first-order chi connectivity index (χ1) is 15.5. The van der Waals surface area contributed by atoms with Crippen molar-refractivity contribution in [2.24, 2.45) is 5.73 Å². The summed E-state index contributed by atoms with van der Waals surface area (Å²) in [4.78, 5) is 28.9. The van der Waals surface area contributed by atoms with E-state index in [-0.39, 0.29) is 12.1 Å². The summed E-state index contributed by atoms with van der Waals surface area (Å²) in [6.07, 6.45) is 4.31. The quantitative estimate of drug-likeness (QED) is 0.483. The number of rotatable bonds is 10. The van der Waals surface area contributed by atoms with E-state index < -0.39 is 0 Å². The minimum absolute atomic E-state index is 0.00685. The van der Waals surface area contributed by atoms with E-state index >= 15 is 0 Å². The van der Waals surface area contributed by atoms with Crippen LogP contribution in [0, 0.1) is 0 Å². The van der Waals surface area contributed by atoms with Gasteiger partial charge < -0.3 is 10.6 Å². The van der Waals surface area contributed by atoms with Gasteiger partial charge in [0.05, 0.1) is 0 Å². The molecule has 32 heavy (non-hydrogen) atoms. The second-order valence-corrected chi connectivity index (χ2v) is 7.47. The van der Waals surface area contributed by atoms with Gasteiger partial charge in [0.1, 0.15) is 0 Å². The van der Waals surface area contributed by atoms with Crippen molar-refractivity contribution < 1.29 is 9.59 Å². The summed E-state index contributed by atoms with van der Waals surface area (Å²) in [6.45, 7) is 11.1. The largest absolute Gasteiger partial charge is 0.351 e. The zero-order chi connectivity index (χ0) is 23.8. The van der Waals surface area contributed by atoms with Crippen molar-refractivity contribution in [2.75, 3.05) is 36.0 Å². The van der Waals surface area contributed by atoms with Crippen LogP contribution in [-0.4, -0.2) is 43.1 Å². The zero-order valence-corrected chi connectivity index (χ0v) is 20.2. The average molecular weight is 441 g/mol. The third-order valence-electron chi connectivity index (χ3n) is 5.10. The Balaban J connectivity index is 0.000000368. The highest BCUT2D eigenvalue weighted by molar-refractivity contribution is 6.03. The molecule has 2 aromatic rings. The van der Waals surface area contributed by atoms with Gasteiger partial charge in [-0.3, -0.25) is 9.80 Å². The molecule has 6 nitrogen and oxygen atoms in total. The van der Waals surface area contributed by atoms with E-state index in [0.29, 0.717) is 13.1 Å². The molecule has 4 amide bonds. The first-order valence-electron chi connectivity index (χ1n) is 11.7. The van der Waals surface area contributed by atoms with Crippen LogP contribution in [0.1, 0.15) is 53.4 Å². The van der Waals surface area contributed by atoms with Crippen molar-refractivity contribution in [3.05, 3.63) is 60.7 Å². The van der Waals surface area contributed by atoms with Gasteiger partial charge in [-0.25, -0.2) is 9.59 Å². The molecule has 2 rings (SSSR count). The maximum Gasteiger partial charge on any atom is 0.328 e. The van der Waals surface area contributed by atoms with Crippen molar-refractivity contribution in [2.45, 2.75) is 53.4 Å². The number of unbranched alkanes of at least 4 members (excludes halogenated alkanes) is 2. The van der Waals surface area contributed by atoms with Gasteiger partial charge in [-0.15, -0.1) is 0 Å². The molecule has 0 heterocycles. The van der Waals surface area contributed by atoms with Crippen LogP contribution in [0.3, 0.4) is 0 Å². The Morgan fingerprint density at radius 2 is 1.06 bits per heavy atom. The molecule has 0 saturated carbocycles. The Kier molecular flexibility index (Phi) is 13.3. The Hall–Kier alpha value is -3.02. The molecule has 0 aromatic heterocycles. The number of nitrogens with two attached hydrogens (primary N) is 1. The van der Waals surface area contributed by atoms with Crippen LogP contribution in [0.4, 0.5) is 21.0 Å². The van der Waals surface area contributed by atoms with E-state index in [0.717, 1.165) is 50.1 Å². The van der Waals surface area contributed by atoms with E-state index in [9.17, 15) is 9.59 Å². The normalized spacial score (nSPS) is 10.0. The van der Waals surface area contributed by atoms with Gasteiger partial charge in [-0.05, 0) is 51.0 Å². The molecule has 6 heteroatoms. The highest BCUT2D eigenvalue weighted by Crippen LogP contribution is 2.19. The lowest BCUT2D eigenvalue weighted by atomic mass is 10.2. The summed E-state index contributed by atoms with van der Waals surface area (Å²) in [5.41, 5.74) is 7.06. The molecule has 0 aliphatic carbocycles. The van der Waals surface area contributed by atoms with E-state index in [1.807, 2.05) is 74.5 Å². The van der Waals surface area contributed by atoms with Gasteiger partial charge >= 0.3 is 12.1 Å². The number of amides is 4. The van der Waals surface area contributed by atoms with Crippen molar-refractivity contribution >= 4 is 23.4 Å². The molecule has 176 valence electrons. The van der Waals surface area contributed by atoms with Gasteiger partial charge in [0, 0.05) is 37.6 Å². The standard InChI is InChI=1S/C17H20N2O.C9H20N2O/c1-3-18(15-11-7-5-8-12-15)17(20)19(4-2)16-13-9-6-10-14-16;1-3-5-7-11(9(10)12)8-6-4-2/h5-14H,3-4H2,1-2H3;3-8H2,1-2H3,(H2,10,12). The lowest BCUT2D eigenvalue weighted by Gasteiger charge is -2.29. The lowest BCUT2D eigenvalue weighted by molar-refractivity contribution is 0.205. The van der Waals surface area contributed by atoms with Crippen LogP contribution in [-0.2, 0) is 0 Å². The third-order valence-corrected chi connectivity index (χ3v) is 5.10. The van der Waals surface area contributed by atoms with Gasteiger partial charge in [0.15, 0.2) is 0 Å². The Morgan fingerprint density at radius 3 is 1.34 bits per heavy atom. The summed E-state index contributed by atoms with van der Waals surface area (Å²) in [5.74, 6) is 0. The minimum atomic E-state index is -0.281. The van der Waals surface area contributed by atoms with Crippen molar-refractivity contribution in [3.63, 3.8) is 0 Å². The molecule has 2 N–H and O–H groups in total. The number of urea groups is 2. The summed E-state index contributed by atoms with van der Waals surface area (Å²) in [5, 5.41) is 0. The number of nitrogens with zero attached hydrogens (tertiary/aromatic N) is 3. The zero-order valence-electron chi connectivity index (χ0n) is 20.2. The first-order valence-corrected chi connectivity index (χ1v) is 11.7. The smallest absolute Gasteiger partial charge is 0.328 e. The highest BCUT2D eigenvalue weighted by Gasteiger charge is 2.20. The summed E-state index contributed by atoms with van der Waals surface area (Å²) in [7, 11) is 0. The number of primary amides is 1. The van der Waals surface area contributed by atoms with Crippen LogP contribution < -0.4 is 15.5 Å². The van der Waals surface area contributed by atoms with Crippen LogP contribution in [0.5, 0.6) is 0 Å². The predicted molar refractivity (Wildman–Crippen MR) is 135 cm³/mol. The molecule has 0 unspecified atom stereocenters. The molecule has 0 saturated heterocycles. The minimum Gasteiger partial charge on any atom is -0.351 e. The number of anilines is 2. The highest BCUT2D eigenvalue weighted by atomic mass is 16.2. The van der Waals surface area contributed by atoms with Gasteiger partial charge in [0.25, 0.3) is 0 Å². The molecular formula is C26H40N4O2. The number of hydrogen-bond acceptors (Lipinski definition) is 2. The number of hydrogen-bond donors (Lipinski definition) is 1. The molecule has 0 aliphatic rings. The van der Waals surface area contributed by atoms with E-state index in [1.54, 1.807) is 14.7 Å². The van der Waals surface area contributed by atoms with Crippen molar-refractivity contribution in [3.8, 4) is 0 Å². The number of carbonyl (C=O) groups excluding carboxylic acids is 2. The van der Waals surface area contributed by atoms with Crippen LogP contribution in [0.25, 0.3) is 0 Å². The van der Waals surface area contributed by atoms with Crippen LogP contribution in [0.15, 0.2) is 60.7 Å². The van der Waals surface area contributed by atoms with Crippen LogP contribution in [0.2, 0.25) is 0 Å². The summed E-state index contributed by atoms with van der Waals surface area (Å²) >= 11 is 0. The van der Waals surface area contributed by atoms with Crippen LogP contribution >= 0.6 is 0 Å². The maximum absolute atomic E-state index is 12.8. The number of carbonyl (C=O) groups is 2. The summed E-state index contributed by atoms with van der Waals surface area (Å²) in [6, 6.07) is 19.3. The third kappa shape index (κ3) is 9.00. The van der Waals surface area contributed by atoms with Gasteiger partial charge in [-0.2, -0.15) is 0 Å². The molecule has 2 aromatic carbocycles. The van der Waals surface area contributed by atoms with E-state index in [1.165, 1.54) is 0 Å². The second kappa shape index (κ2) is 15.7. The van der Waals surface area contributed by atoms with Gasteiger partial charge in [-0.1, -0.05) is 63.1 Å². The molecule has 0 spiro atoms. The fourth-order valence-electron chi connectivity index (χ4n) is 3.25. The van der Waals surface area contributed by atoms with Crippen molar-refractivity contribution in [1.82, 2.24) is 4.90 Å². The monoisotopic (exact) mass is 440 g/mol. The number of benzene rings is 2.